The van der Waals surface area contributed by atoms with E-state index in [2.05, 4.69) is 10.3 Å². The number of ketones is 1. The molecule has 28 heavy (non-hydrogen) atoms. The molecule has 1 fully saturated rings. The summed E-state index contributed by atoms with van der Waals surface area (Å²) in [6.07, 6.45) is 5.19. The quantitative estimate of drug-likeness (QED) is 0.782. The highest BCUT2D eigenvalue weighted by Gasteiger charge is 2.34. The predicted molar refractivity (Wildman–Crippen MR) is 111 cm³/mol. The van der Waals surface area contributed by atoms with Crippen molar-refractivity contribution in [3.05, 3.63) is 28.8 Å². The normalized spacial score (nSPS) is 22.0. The smallest absolute Gasteiger partial charge is 0.222 e. The van der Waals surface area contributed by atoms with Crippen LogP contribution in [0.4, 0.5) is 5.82 Å². The third-order valence-corrected chi connectivity index (χ3v) is 7.61. The van der Waals surface area contributed by atoms with Crippen molar-refractivity contribution in [3.63, 3.8) is 0 Å². The molecule has 1 N–H and O–H groups in total. The van der Waals surface area contributed by atoms with Crippen LogP contribution in [0.25, 0.3) is 5.57 Å². The van der Waals surface area contributed by atoms with Gasteiger partial charge in [-0.2, -0.15) is 0 Å². The Balaban J connectivity index is 1.81. The van der Waals surface area contributed by atoms with Crippen LogP contribution in [0.5, 0.6) is 0 Å². The van der Waals surface area contributed by atoms with Crippen molar-refractivity contribution in [2.75, 3.05) is 24.7 Å². The van der Waals surface area contributed by atoms with E-state index in [0.717, 1.165) is 29.7 Å². The van der Waals surface area contributed by atoms with Crippen molar-refractivity contribution < 1.29 is 18.0 Å². The average molecular weight is 424 g/mol. The van der Waals surface area contributed by atoms with Crippen molar-refractivity contribution in [2.45, 2.75) is 38.4 Å². The Morgan fingerprint density at radius 2 is 2.04 bits per heavy atom. The summed E-state index contributed by atoms with van der Waals surface area (Å²) >= 11 is 1.59. The van der Waals surface area contributed by atoms with E-state index < -0.39 is 10.0 Å². The van der Waals surface area contributed by atoms with Crippen molar-refractivity contribution in [2.24, 2.45) is 5.92 Å². The third-order valence-electron chi connectivity index (χ3n) is 5.08. The maximum atomic E-state index is 12.8. The summed E-state index contributed by atoms with van der Waals surface area (Å²) in [5, 5.41) is 2.52. The fourth-order valence-electron chi connectivity index (χ4n) is 3.66. The molecule has 1 unspecified atom stereocenters. The zero-order valence-corrected chi connectivity index (χ0v) is 17.9. The molecule has 1 saturated heterocycles. The monoisotopic (exact) mass is 423 g/mol. The number of amides is 1. The van der Waals surface area contributed by atoms with Crippen LogP contribution in [0.3, 0.4) is 0 Å². The summed E-state index contributed by atoms with van der Waals surface area (Å²) in [5.41, 5.74) is 1.47. The Bertz CT molecular complexity index is 919. The third kappa shape index (κ3) is 4.82. The molecular weight excluding hydrogens is 398 g/mol. The van der Waals surface area contributed by atoms with Gasteiger partial charge in [0.25, 0.3) is 0 Å². The van der Waals surface area contributed by atoms with Crippen LogP contribution in [0.2, 0.25) is 0 Å². The Hall–Kier alpha value is -1.71. The number of nitrogens with zero attached hydrogens (tertiary/aromatic N) is 2. The second-order valence-electron chi connectivity index (χ2n) is 7.34. The van der Waals surface area contributed by atoms with Crippen LogP contribution in [-0.2, 0) is 19.6 Å². The lowest BCUT2D eigenvalue weighted by molar-refractivity contribution is -0.114. The largest absolute Gasteiger partial charge is 0.311 e. The highest BCUT2D eigenvalue weighted by atomic mass is 32.2. The van der Waals surface area contributed by atoms with Gasteiger partial charge in [-0.05, 0) is 54.7 Å². The number of allylic oxidation sites excluding steroid dienone is 2. The first kappa shape index (κ1) is 21.0. The van der Waals surface area contributed by atoms with Crippen molar-refractivity contribution in [1.82, 2.24) is 9.29 Å². The Morgan fingerprint density at radius 3 is 2.64 bits per heavy atom. The number of pyridine rings is 1. The first-order chi connectivity index (χ1) is 13.1. The number of carbonyl (C=O) groups excluding carboxylic acids is 2. The van der Waals surface area contributed by atoms with Gasteiger partial charge >= 0.3 is 0 Å². The summed E-state index contributed by atoms with van der Waals surface area (Å²) in [5.74, 6) is 0.659. The molecule has 1 atom stereocenters. The van der Waals surface area contributed by atoms with Gasteiger partial charge in [0.15, 0.2) is 5.78 Å². The molecule has 9 heteroatoms. The summed E-state index contributed by atoms with van der Waals surface area (Å²) in [6.45, 7) is 4.38. The number of thioether (sulfide) groups is 1. The zero-order chi connectivity index (χ0) is 20.5. The molecule has 0 aliphatic carbocycles. The highest BCUT2D eigenvalue weighted by Crippen LogP contribution is 2.44. The van der Waals surface area contributed by atoms with Gasteiger partial charge in [0.1, 0.15) is 5.82 Å². The standard InChI is InChI=1S/C19H25N3O4S2/c1-12-19(24)18(15-4-7-20-17(11-15)21-13(2)23)16(27-12)10-14-5-8-22(9-6-14)28(3,25)26/h4,7,11-12,14H,5-6,8-10H2,1-3H3,(H,20,21,23). The Kier molecular flexibility index (Phi) is 6.26. The predicted octanol–water partition coefficient (Wildman–Crippen LogP) is 2.52. The van der Waals surface area contributed by atoms with E-state index >= 15 is 0 Å². The summed E-state index contributed by atoms with van der Waals surface area (Å²) in [7, 11) is -3.14. The molecule has 152 valence electrons. The maximum absolute atomic E-state index is 12.8. The van der Waals surface area contributed by atoms with Crippen molar-refractivity contribution in [1.29, 1.82) is 0 Å². The molecule has 0 bridgehead atoms. The van der Waals surface area contributed by atoms with Gasteiger partial charge in [-0.15, -0.1) is 11.8 Å². The molecule has 1 amide bonds. The summed E-state index contributed by atoms with van der Waals surface area (Å²) in [6, 6.07) is 3.53. The Morgan fingerprint density at radius 1 is 1.36 bits per heavy atom. The Labute approximate surface area is 170 Å². The number of anilines is 1. The maximum Gasteiger partial charge on any atom is 0.222 e. The molecule has 0 saturated carbocycles. The van der Waals surface area contributed by atoms with E-state index in [9.17, 15) is 18.0 Å². The fraction of sp³-hybridized carbons (Fsp3) is 0.526. The number of piperidine rings is 1. The molecule has 1 aromatic heterocycles. The lowest BCUT2D eigenvalue weighted by atomic mass is 9.91. The molecule has 3 heterocycles. The summed E-state index contributed by atoms with van der Waals surface area (Å²) < 4.78 is 24.9. The molecule has 0 aromatic carbocycles. The molecule has 0 radical (unpaired) electrons. The van der Waals surface area contributed by atoms with Crippen LogP contribution in [0, 0.1) is 5.92 Å². The second kappa shape index (κ2) is 8.34. The number of hydrogen-bond donors (Lipinski definition) is 1. The van der Waals surface area contributed by atoms with Gasteiger partial charge in [-0.1, -0.05) is 0 Å². The topological polar surface area (TPSA) is 96.4 Å². The van der Waals surface area contributed by atoms with E-state index in [1.54, 1.807) is 30.1 Å². The molecule has 3 rings (SSSR count). The van der Waals surface area contributed by atoms with Gasteiger partial charge in [-0.3, -0.25) is 9.59 Å². The molecule has 2 aliphatic heterocycles. The van der Waals surface area contributed by atoms with E-state index in [1.807, 2.05) is 6.92 Å². The minimum absolute atomic E-state index is 0.0912. The number of nitrogens with one attached hydrogen (secondary N) is 1. The first-order valence-electron chi connectivity index (χ1n) is 9.28. The number of hydrogen-bond acceptors (Lipinski definition) is 6. The fourth-order valence-corrected chi connectivity index (χ4v) is 5.86. The van der Waals surface area contributed by atoms with E-state index in [-0.39, 0.29) is 16.9 Å². The number of Topliss-reactive ketones (excluding diaryl/α,β-unsaturated/α-hetero) is 1. The van der Waals surface area contributed by atoms with Gasteiger partial charge < -0.3 is 5.32 Å². The molecule has 0 spiro atoms. The number of carbonyl (C=O) groups is 2. The molecular formula is C19H25N3O4S2. The molecule has 7 nitrogen and oxygen atoms in total. The first-order valence-corrected chi connectivity index (χ1v) is 12.0. The van der Waals surface area contributed by atoms with Gasteiger partial charge in [0.2, 0.25) is 15.9 Å². The number of aromatic nitrogens is 1. The van der Waals surface area contributed by atoms with Crippen LogP contribution < -0.4 is 5.32 Å². The average Bonchev–Trinajstić information content (AvgIpc) is 2.88. The minimum Gasteiger partial charge on any atom is -0.311 e. The van der Waals surface area contributed by atoms with Gasteiger partial charge in [0, 0.05) is 31.8 Å². The van der Waals surface area contributed by atoms with E-state index in [1.165, 1.54) is 17.5 Å². The SMILES string of the molecule is CC(=O)Nc1cc(C2=C(CC3CCN(S(C)(=O)=O)CC3)SC(C)C2=O)ccn1. The van der Waals surface area contributed by atoms with Gasteiger partial charge in [-0.25, -0.2) is 17.7 Å². The lowest BCUT2D eigenvalue weighted by Crippen LogP contribution is -2.37. The van der Waals surface area contributed by atoms with Crippen molar-refractivity contribution >= 4 is 44.9 Å². The van der Waals surface area contributed by atoms with Crippen LogP contribution in [-0.4, -0.2) is 54.0 Å². The highest BCUT2D eigenvalue weighted by molar-refractivity contribution is 8.05. The lowest BCUT2D eigenvalue weighted by Gasteiger charge is -2.30. The van der Waals surface area contributed by atoms with Crippen molar-refractivity contribution in [3.8, 4) is 0 Å². The number of sulfonamides is 1. The minimum atomic E-state index is -3.14. The number of rotatable bonds is 5. The van der Waals surface area contributed by atoms with Crippen LogP contribution >= 0.6 is 11.8 Å². The second-order valence-corrected chi connectivity index (χ2v) is 10.8. The molecule has 2 aliphatic rings. The van der Waals surface area contributed by atoms with Gasteiger partial charge in [0.05, 0.1) is 11.5 Å². The van der Waals surface area contributed by atoms with E-state index in [4.69, 9.17) is 0 Å². The van der Waals surface area contributed by atoms with E-state index in [0.29, 0.717) is 30.4 Å². The van der Waals surface area contributed by atoms with Crippen LogP contribution in [0.1, 0.15) is 38.7 Å². The zero-order valence-electron chi connectivity index (χ0n) is 16.3. The molecule has 1 aromatic rings. The summed E-state index contributed by atoms with van der Waals surface area (Å²) in [4.78, 5) is 29.3. The van der Waals surface area contributed by atoms with Crippen LogP contribution in [0.15, 0.2) is 23.2 Å².